The van der Waals surface area contributed by atoms with E-state index in [1.54, 1.807) is 0 Å². The number of aliphatic carboxylic acids is 1. The largest absolute Gasteiger partial charge is 0.493 e. The van der Waals surface area contributed by atoms with Crippen molar-refractivity contribution in [2.75, 3.05) is 6.61 Å². The Morgan fingerprint density at radius 1 is 1.42 bits per heavy atom. The van der Waals surface area contributed by atoms with E-state index in [9.17, 15) is 4.79 Å². The Bertz CT molecular complexity index is 490. The summed E-state index contributed by atoms with van der Waals surface area (Å²) in [5, 5.41) is 8.80. The Balaban J connectivity index is 1.71. The second-order valence-corrected chi connectivity index (χ2v) is 5.19. The first-order valence-corrected chi connectivity index (χ1v) is 6.71. The summed E-state index contributed by atoms with van der Waals surface area (Å²) in [6, 6.07) is 6.44. The van der Waals surface area contributed by atoms with Crippen LogP contribution in [0.2, 0.25) is 0 Å². The number of carboxylic acid groups (broad SMARTS) is 1. The van der Waals surface area contributed by atoms with Gasteiger partial charge < -0.3 is 9.84 Å². The third-order valence-electron chi connectivity index (χ3n) is 3.74. The van der Waals surface area contributed by atoms with Crippen LogP contribution in [0.25, 0.3) is 0 Å². The number of rotatable bonds is 3. The van der Waals surface area contributed by atoms with Gasteiger partial charge in [-0.05, 0) is 36.5 Å². The normalized spacial score (nSPS) is 25.7. The number of hydrogen-bond donors (Lipinski definition) is 3. The molecule has 1 aromatic carbocycles. The van der Waals surface area contributed by atoms with Crippen LogP contribution in [0, 0.1) is 0 Å². The maximum Gasteiger partial charge on any atom is 0.304 e. The maximum atomic E-state index is 10.7. The van der Waals surface area contributed by atoms with Gasteiger partial charge in [-0.25, -0.2) is 5.43 Å². The number of benzene rings is 1. The molecule has 5 heteroatoms. The Hall–Kier alpha value is -1.59. The molecular formula is C14H18N2O3. The Kier molecular flexibility index (Phi) is 3.40. The standard InChI is InChI=1S/C14H18N2O3/c17-14(18)8-11-7-12(16-15-11)9-3-4-13-10(6-9)2-1-5-19-13/h3-4,6,11-12,15-16H,1-2,5,7-8H2,(H,17,18). The number of carboxylic acids is 1. The average molecular weight is 262 g/mol. The lowest BCUT2D eigenvalue weighted by Crippen LogP contribution is -2.32. The van der Waals surface area contributed by atoms with Crippen molar-refractivity contribution >= 4 is 5.97 Å². The molecule has 102 valence electrons. The molecule has 0 aliphatic carbocycles. The zero-order valence-electron chi connectivity index (χ0n) is 10.7. The predicted molar refractivity (Wildman–Crippen MR) is 69.9 cm³/mol. The number of nitrogens with one attached hydrogen (secondary N) is 2. The van der Waals surface area contributed by atoms with Crippen LogP contribution in [-0.4, -0.2) is 23.7 Å². The molecule has 0 spiro atoms. The van der Waals surface area contributed by atoms with Gasteiger partial charge in [0.25, 0.3) is 0 Å². The first-order chi connectivity index (χ1) is 9.22. The molecule has 2 heterocycles. The van der Waals surface area contributed by atoms with E-state index in [2.05, 4.69) is 23.0 Å². The van der Waals surface area contributed by atoms with Crippen molar-refractivity contribution in [3.05, 3.63) is 29.3 Å². The molecule has 3 rings (SSSR count). The molecule has 3 N–H and O–H groups in total. The number of ether oxygens (including phenoxy) is 1. The van der Waals surface area contributed by atoms with Gasteiger partial charge in [-0.2, -0.15) is 0 Å². The van der Waals surface area contributed by atoms with Crippen molar-refractivity contribution in [2.24, 2.45) is 0 Å². The summed E-state index contributed by atoms with van der Waals surface area (Å²) in [5.41, 5.74) is 8.69. The van der Waals surface area contributed by atoms with E-state index in [-0.39, 0.29) is 18.5 Å². The summed E-state index contributed by atoms with van der Waals surface area (Å²) in [6.07, 6.45) is 3.07. The number of fused-ring (bicyclic) bond motifs is 1. The van der Waals surface area contributed by atoms with Crippen molar-refractivity contribution in [3.63, 3.8) is 0 Å². The fourth-order valence-corrected chi connectivity index (χ4v) is 2.78. The lowest BCUT2D eigenvalue weighted by atomic mass is 9.96. The molecule has 0 bridgehead atoms. The van der Waals surface area contributed by atoms with Gasteiger partial charge in [0.15, 0.2) is 0 Å². The third-order valence-corrected chi connectivity index (χ3v) is 3.74. The van der Waals surface area contributed by atoms with Crippen molar-refractivity contribution < 1.29 is 14.6 Å². The fourth-order valence-electron chi connectivity index (χ4n) is 2.78. The van der Waals surface area contributed by atoms with E-state index in [1.165, 1.54) is 11.1 Å². The molecule has 0 aromatic heterocycles. The highest BCUT2D eigenvalue weighted by Gasteiger charge is 2.27. The van der Waals surface area contributed by atoms with Crippen LogP contribution in [0.3, 0.4) is 0 Å². The molecule has 0 saturated carbocycles. The van der Waals surface area contributed by atoms with E-state index in [1.807, 2.05) is 6.07 Å². The van der Waals surface area contributed by atoms with Crippen LogP contribution in [-0.2, 0) is 11.2 Å². The summed E-state index contributed by atoms with van der Waals surface area (Å²) in [5.74, 6) is 0.224. The number of hydrazine groups is 1. The van der Waals surface area contributed by atoms with Gasteiger partial charge in [-0.15, -0.1) is 0 Å². The minimum atomic E-state index is -0.765. The number of carbonyl (C=O) groups is 1. The predicted octanol–water partition coefficient (Wildman–Crippen LogP) is 1.39. The van der Waals surface area contributed by atoms with Crippen molar-refractivity contribution in [3.8, 4) is 5.75 Å². The zero-order chi connectivity index (χ0) is 13.2. The molecule has 19 heavy (non-hydrogen) atoms. The van der Waals surface area contributed by atoms with Gasteiger partial charge in [0, 0.05) is 12.1 Å². The monoisotopic (exact) mass is 262 g/mol. The fraction of sp³-hybridized carbons (Fsp3) is 0.500. The lowest BCUT2D eigenvalue weighted by Gasteiger charge is -2.19. The highest BCUT2D eigenvalue weighted by molar-refractivity contribution is 5.67. The second kappa shape index (κ2) is 5.19. The highest BCUT2D eigenvalue weighted by Crippen LogP contribution is 2.30. The first-order valence-electron chi connectivity index (χ1n) is 6.71. The van der Waals surface area contributed by atoms with Crippen LogP contribution in [0.1, 0.15) is 36.4 Å². The molecule has 2 aliphatic rings. The quantitative estimate of drug-likeness (QED) is 0.768. The summed E-state index contributed by atoms with van der Waals surface area (Å²) in [7, 11) is 0. The molecule has 2 aliphatic heterocycles. The molecule has 2 atom stereocenters. The summed E-state index contributed by atoms with van der Waals surface area (Å²) >= 11 is 0. The molecule has 2 unspecified atom stereocenters. The van der Waals surface area contributed by atoms with Gasteiger partial charge in [-0.1, -0.05) is 12.1 Å². The van der Waals surface area contributed by atoms with E-state index in [0.717, 1.165) is 31.6 Å². The third kappa shape index (κ3) is 2.72. The van der Waals surface area contributed by atoms with E-state index < -0.39 is 5.97 Å². The summed E-state index contributed by atoms with van der Waals surface area (Å²) in [4.78, 5) is 10.7. The smallest absolute Gasteiger partial charge is 0.304 e. The molecule has 1 fully saturated rings. The number of hydrogen-bond acceptors (Lipinski definition) is 4. The maximum absolute atomic E-state index is 10.7. The first kappa shape index (κ1) is 12.4. The molecule has 1 aromatic rings. The summed E-state index contributed by atoms with van der Waals surface area (Å²) < 4.78 is 5.60. The minimum Gasteiger partial charge on any atom is -0.493 e. The SMILES string of the molecule is O=C(O)CC1CC(c2ccc3c(c2)CCCO3)NN1. The van der Waals surface area contributed by atoms with Crippen molar-refractivity contribution in [2.45, 2.75) is 37.8 Å². The Morgan fingerprint density at radius 3 is 3.16 bits per heavy atom. The van der Waals surface area contributed by atoms with Crippen molar-refractivity contribution in [1.82, 2.24) is 10.9 Å². The van der Waals surface area contributed by atoms with Gasteiger partial charge >= 0.3 is 5.97 Å². The molecule has 0 radical (unpaired) electrons. The van der Waals surface area contributed by atoms with Crippen LogP contribution in [0.15, 0.2) is 18.2 Å². The van der Waals surface area contributed by atoms with Gasteiger partial charge in [-0.3, -0.25) is 10.2 Å². The van der Waals surface area contributed by atoms with Gasteiger partial charge in [0.2, 0.25) is 0 Å². The molecular weight excluding hydrogens is 244 g/mol. The van der Waals surface area contributed by atoms with Crippen LogP contribution in [0.5, 0.6) is 5.75 Å². The molecule has 1 saturated heterocycles. The van der Waals surface area contributed by atoms with Crippen LogP contribution >= 0.6 is 0 Å². The topological polar surface area (TPSA) is 70.6 Å². The average Bonchev–Trinajstić information content (AvgIpc) is 2.86. The van der Waals surface area contributed by atoms with Gasteiger partial charge in [0.05, 0.1) is 13.0 Å². The van der Waals surface area contributed by atoms with E-state index in [4.69, 9.17) is 9.84 Å². The van der Waals surface area contributed by atoms with Crippen LogP contribution in [0.4, 0.5) is 0 Å². The van der Waals surface area contributed by atoms with Crippen molar-refractivity contribution in [1.29, 1.82) is 0 Å². The van der Waals surface area contributed by atoms with Crippen LogP contribution < -0.4 is 15.6 Å². The van der Waals surface area contributed by atoms with E-state index in [0.29, 0.717) is 0 Å². The highest BCUT2D eigenvalue weighted by atomic mass is 16.5. The summed E-state index contributed by atoms with van der Waals surface area (Å²) in [6.45, 7) is 0.802. The second-order valence-electron chi connectivity index (χ2n) is 5.19. The Morgan fingerprint density at radius 2 is 2.32 bits per heavy atom. The molecule has 5 nitrogen and oxygen atoms in total. The number of aryl methyl sites for hydroxylation is 1. The minimum absolute atomic E-state index is 0.00483. The van der Waals surface area contributed by atoms with Gasteiger partial charge in [0.1, 0.15) is 5.75 Å². The molecule has 0 amide bonds. The zero-order valence-corrected chi connectivity index (χ0v) is 10.7. The Labute approximate surface area is 111 Å². The van der Waals surface area contributed by atoms with E-state index >= 15 is 0 Å². The lowest BCUT2D eigenvalue weighted by molar-refractivity contribution is -0.137.